The van der Waals surface area contributed by atoms with Crippen molar-refractivity contribution in [3.63, 3.8) is 0 Å². The minimum atomic E-state index is -0.398. The van der Waals surface area contributed by atoms with Crippen LogP contribution in [0.5, 0.6) is 11.5 Å². The number of nitrogens with one attached hydrogen (secondary N) is 1. The lowest BCUT2D eigenvalue weighted by Crippen LogP contribution is -2.23. The molecule has 0 aliphatic heterocycles. The van der Waals surface area contributed by atoms with Gasteiger partial charge >= 0.3 is 0 Å². The lowest BCUT2D eigenvalue weighted by Gasteiger charge is -2.22. The topological polar surface area (TPSA) is 75.9 Å². The van der Waals surface area contributed by atoms with Crippen LogP contribution < -0.4 is 14.8 Å². The molecule has 0 bridgehead atoms. The number of aliphatic imine (C=N–C) groups is 1. The number of benzene rings is 3. The summed E-state index contributed by atoms with van der Waals surface area (Å²) >= 11 is 0. The third-order valence-electron chi connectivity index (χ3n) is 4.75. The zero-order valence-electron chi connectivity index (χ0n) is 17.8. The Morgan fingerprint density at radius 1 is 0.935 bits per heavy atom. The van der Waals surface area contributed by atoms with E-state index in [1.165, 1.54) is 0 Å². The third kappa shape index (κ3) is 5.77. The van der Waals surface area contributed by atoms with E-state index in [2.05, 4.69) is 11.4 Å². The Balaban J connectivity index is 2.00. The van der Waals surface area contributed by atoms with Crippen molar-refractivity contribution in [1.82, 2.24) is 0 Å². The molecule has 1 unspecified atom stereocenters. The lowest BCUT2D eigenvalue weighted by atomic mass is 10.0. The molecule has 0 saturated heterocycles. The summed E-state index contributed by atoms with van der Waals surface area (Å²) in [5, 5.41) is 12.5. The summed E-state index contributed by atoms with van der Waals surface area (Å²) in [5.74, 6) is 1.85. The van der Waals surface area contributed by atoms with E-state index in [4.69, 9.17) is 24.5 Å². The number of methoxy groups -OCH3 is 3. The molecule has 0 fully saturated rings. The molecule has 1 atom stereocenters. The second kappa shape index (κ2) is 10.7. The van der Waals surface area contributed by atoms with Gasteiger partial charge in [-0.1, -0.05) is 30.3 Å². The highest BCUT2D eigenvalue weighted by molar-refractivity contribution is 5.86. The monoisotopic (exact) mass is 415 g/mol. The van der Waals surface area contributed by atoms with Gasteiger partial charge in [-0.15, -0.1) is 0 Å². The molecule has 158 valence electrons. The van der Waals surface area contributed by atoms with Gasteiger partial charge in [-0.05, 0) is 47.5 Å². The molecule has 31 heavy (non-hydrogen) atoms. The Morgan fingerprint density at radius 2 is 1.58 bits per heavy atom. The van der Waals surface area contributed by atoms with Gasteiger partial charge in [0.05, 0.1) is 39.5 Å². The Bertz CT molecular complexity index is 1040. The highest BCUT2D eigenvalue weighted by Crippen LogP contribution is 2.30. The van der Waals surface area contributed by atoms with Gasteiger partial charge in [0.2, 0.25) is 5.90 Å². The normalized spacial score (nSPS) is 11.9. The summed E-state index contributed by atoms with van der Waals surface area (Å²) in [5.41, 5.74) is 3.37. The van der Waals surface area contributed by atoms with E-state index >= 15 is 0 Å². The van der Waals surface area contributed by atoms with E-state index in [-0.39, 0.29) is 0 Å². The van der Waals surface area contributed by atoms with Crippen molar-refractivity contribution in [2.75, 3.05) is 26.6 Å². The third-order valence-corrected chi connectivity index (χ3v) is 4.75. The van der Waals surface area contributed by atoms with Gasteiger partial charge in [0, 0.05) is 11.8 Å². The molecule has 6 heteroatoms. The van der Waals surface area contributed by atoms with Crippen LogP contribution in [0.1, 0.15) is 22.7 Å². The first-order valence-electron chi connectivity index (χ1n) is 9.78. The predicted molar refractivity (Wildman–Crippen MR) is 122 cm³/mol. The molecule has 0 aliphatic rings. The quantitative estimate of drug-likeness (QED) is 0.415. The van der Waals surface area contributed by atoms with E-state index in [1.807, 2.05) is 60.7 Å². The first-order valence-corrected chi connectivity index (χ1v) is 9.78. The van der Waals surface area contributed by atoms with Crippen molar-refractivity contribution in [2.45, 2.75) is 12.6 Å². The van der Waals surface area contributed by atoms with Gasteiger partial charge in [-0.2, -0.15) is 5.26 Å². The van der Waals surface area contributed by atoms with E-state index < -0.39 is 6.04 Å². The number of rotatable bonds is 8. The summed E-state index contributed by atoms with van der Waals surface area (Å²) in [7, 11) is 4.83. The van der Waals surface area contributed by atoms with Gasteiger partial charge in [-0.3, -0.25) is 0 Å². The minimum Gasteiger partial charge on any atom is -0.497 e. The number of anilines is 1. The van der Waals surface area contributed by atoms with Crippen LogP contribution in [0.25, 0.3) is 0 Å². The van der Waals surface area contributed by atoms with Crippen LogP contribution in [0.15, 0.2) is 77.8 Å². The Labute approximate surface area is 182 Å². The van der Waals surface area contributed by atoms with Crippen LogP contribution in [0.3, 0.4) is 0 Å². The molecular weight excluding hydrogens is 390 g/mol. The van der Waals surface area contributed by atoms with Crippen LogP contribution in [-0.4, -0.2) is 27.2 Å². The van der Waals surface area contributed by atoms with Gasteiger partial charge in [0.1, 0.15) is 17.5 Å². The van der Waals surface area contributed by atoms with Gasteiger partial charge in [-0.25, -0.2) is 4.99 Å². The summed E-state index contributed by atoms with van der Waals surface area (Å²) in [4.78, 5) is 4.73. The largest absolute Gasteiger partial charge is 0.497 e. The highest BCUT2D eigenvalue weighted by atomic mass is 16.5. The highest BCUT2D eigenvalue weighted by Gasteiger charge is 2.21. The molecule has 0 aliphatic carbocycles. The Kier molecular flexibility index (Phi) is 7.50. The number of hydrogen-bond acceptors (Lipinski definition) is 6. The van der Waals surface area contributed by atoms with E-state index in [9.17, 15) is 0 Å². The van der Waals surface area contributed by atoms with Crippen LogP contribution in [-0.2, 0) is 11.3 Å². The SMILES string of the molecule is COC(=NCc1ccccc1)C(Nc1ccc(C#N)cc1)c1cc(OC)cc(OC)c1. The summed E-state index contributed by atoms with van der Waals surface area (Å²) < 4.78 is 16.6. The second-order valence-corrected chi connectivity index (χ2v) is 6.76. The summed E-state index contributed by atoms with van der Waals surface area (Å²) in [6.45, 7) is 0.483. The zero-order valence-corrected chi connectivity index (χ0v) is 17.8. The Morgan fingerprint density at radius 3 is 2.13 bits per heavy atom. The number of hydrogen-bond donors (Lipinski definition) is 1. The lowest BCUT2D eigenvalue weighted by molar-refractivity contribution is 0.380. The molecule has 3 aromatic rings. The number of ether oxygens (including phenoxy) is 3. The molecular formula is C25H25N3O3. The van der Waals surface area contributed by atoms with Crippen molar-refractivity contribution < 1.29 is 14.2 Å². The zero-order chi connectivity index (χ0) is 22.1. The van der Waals surface area contributed by atoms with Crippen LogP contribution in [0.4, 0.5) is 5.69 Å². The average molecular weight is 415 g/mol. The molecule has 3 rings (SSSR count). The van der Waals surface area contributed by atoms with Crippen LogP contribution in [0, 0.1) is 11.3 Å². The first kappa shape index (κ1) is 21.7. The van der Waals surface area contributed by atoms with Crippen molar-refractivity contribution >= 4 is 11.6 Å². The maximum Gasteiger partial charge on any atom is 0.211 e. The predicted octanol–water partition coefficient (Wildman–Crippen LogP) is 4.97. The average Bonchev–Trinajstić information content (AvgIpc) is 2.84. The molecule has 0 heterocycles. The fourth-order valence-corrected chi connectivity index (χ4v) is 3.12. The smallest absolute Gasteiger partial charge is 0.211 e. The van der Waals surface area contributed by atoms with Crippen molar-refractivity contribution in [1.29, 1.82) is 5.26 Å². The maximum absolute atomic E-state index is 9.07. The maximum atomic E-state index is 9.07. The molecule has 6 nitrogen and oxygen atoms in total. The van der Waals surface area contributed by atoms with Gasteiger partial charge in [0.25, 0.3) is 0 Å². The minimum absolute atomic E-state index is 0.398. The number of nitrogens with zero attached hydrogens (tertiary/aromatic N) is 2. The molecule has 0 spiro atoms. The van der Waals surface area contributed by atoms with Crippen LogP contribution >= 0.6 is 0 Å². The fourth-order valence-electron chi connectivity index (χ4n) is 3.12. The molecule has 0 radical (unpaired) electrons. The molecule has 1 N–H and O–H groups in total. The van der Waals surface area contributed by atoms with Gasteiger partial charge in [0.15, 0.2) is 0 Å². The summed E-state index contributed by atoms with van der Waals surface area (Å²) in [6, 6.07) is 24.6. The standard InChI is InChI=1S/C25H25N3O3/c1-29-22-13-20(14-23(15-22)30-2)24(28-21-11-9-18(16-26)10-12-21)25(31-3)27-17-19-7-5-4-6-8-19/h4-15,24,28H,17H2,1-3H3. The van der Waals surface area contributed by atoms with Crippen LogP contribution in [0.2, 0.25) is 0 Å². The molecule has 3 aromatic carbocycles. The Hall–Kier alpha value is -3.98. The molecule has 0 saturated carbocycles. The van der Waals surface area contributed by atoms with Crippen molar-refractivity contribution in [3.8, 4) is 17.6 Å². The van der Waals surface area contributed by atoms with Gasteiger partial charge < -0.3 is 19.5 Å². The van der Waals surface area contributed by atoms with E-state index in [1.54, 1.807) is 33.5 Å². The fraction of sp³-hybridized carbons (Fsp3) is 0.200. The second-order valence-electron chi connectivity index (χ2n) is 6.76. The van der Waals surface area contributed by atoms with E-state index in [0.717, 1.165) is 16.8 Å². The number of nitriles is 1. The van der Waals surface area contributed by atoms with Crippen molar-refractivity contribution in [2.24, 2.45) is 4.99 Å². The molecule has 0 aromatic heterocycles. The van der Waals surface area contributed by atoms with Crippen molar-refractivity contribution in [3.05, 3.63) is 89.5 Å². The first-order chi connectivity index (χ1) is 15.2. The molecule has 0 amide bonds. The van der Waals surface area contributed by atoms with E-state index in [0.29, 0.717) is 29.5 Å². The summed E-state index contributed by atoms with van der Waals surface area (Å²) in [6.07, 6.45) is 0.